The van der Waals surface area contributed by atoms with Crippen molar-refractivity contribution in [2.75, 3.05) is 0 Å². The van der Waals surface area contributed by atoms with E-state index in [0.29, 0.717) is 6.54 Å². The highest BCUT2D eigenvalue weighted by Gasteiger charge is 2.21. The molecule has 0 bridgehead atoms. The zero-order chi connectivity index (χ0) is 17.1. The molecule has 0 aliphatic carbocycles. The van der Waals surface area contributed by atoms with Crippen molar-refractivity contribution in [1.29, 1.82) is 0 Å². The molecule has 1 amide bonds. The molecule has 124 valence electrons. The van der Waals surface area contributed by atoms with E-state index in [1.807, 2.05) is 51.1 Å². The van der Waals surface area contributed by atoms with Crippen LogP contribution in [0.1, 0.15) is 35.4 Å². The molecule has 24 heavy (non-hydrogen) atoms. The number of amides is 1. The monoisotopic (exact) mass is 323 g/mol. The van der Waals surface area contributed by atoms with Gasteiger partial charge >= 0.3 is 0 Å². The van der Waals surface area contributed by atoms with Crippen molar-refractivity contribution in [3.8, 4) is 11.3 Å². The Labute approximate surface area is 140 Å². The van der Waals surface area contributed by atoms with Crippen molar-refractivity contribution < 1.29 is 4.79 Å². The van der Waals surface area contributed by atoms with Gasteiger partial charge in [0.25, 0.3) is 0 Å². The average molecular weight is 323 g/mol. The Kier molecular flexibility index (Phi) is 4.46. The number of hydrogen-bond donors (Lipinski definition) is 3. The number of nitrogens with zero attached hydrogens (tertiary/aromatic N) is 2. The first kappa shape index (κ1) is 16.0. The fraction of sp³-hybridized carbons (Fsp3) is 0.278. The van der Waals surface area contributed by atoms with E-state index in [2.05, 4.69) is 25.7 Å². The van der Waals surface area contributed by atoms with Crippen LogP contribution in [0.25, 0.3) is 11.3 Å². The Hall–Kier alpha value is -2.89. The first-order chi connectivity index (χ1) is 11.6. The smallest absolute Gasteiger partial charge is 0.227 e. The van der Waals surface area contributed by atoms with E-state index < -0.39 is 0 Å². The van der Waals surface area contributed by atoms with Gasteiger partial charge in [0, 0.05) is 24.0 Å². The summed E-state index contributed by atoms with van der Waals surface area (Å²) < 4.78 is 0. The van der Waals surface area contributed by atoms with E-state index in [9.17, 15) is 4.79 Å². The van der Waals surface area contributed by atoms with Gasteiger partial charge in [-0.25, -0.2) is 0 Å². The summed E-state index contributed by atoms with van der Waals surface area (Å²) in [7, 11) is 0. The van der Waals surface area contributed by atoms with Gasteiger partial charge in [0.2, 0.25) is 5.91 Å². The highest BCUT2D eigenvalue weighted by molar-refractivity contribution is 5.83. The van der Waals surface area contributed by atoms with Crippen LogP contribution in [0.4, 0.5) is 0 Å². The van der Waals surface area contributed by atoms with Gasteiger partial charge in [-0.15, -0.1) is 0 Å². The predicted octanol–water partition coefficient (Wildman–Crippen LogP) is 2.84. The van der Waals surface area contributed by atoms with Gasteiger partial charge in [0.1, 0.15) is 0 Å². The molecule has 3 rings (SSSR count). The molecule has 1 aromatic carbocycles. The van der Waals surface area contributed by atoms with E-state index in [0.717, 1.165) is 33.8 Å². The third kappa shape index (κ3) is 3.22. The molecule has 0 fully saturated rings. The van der Waals surface area contributed by atoms with Crippen LogP contribution in [-0.2, 0) is 11.3 Å². The van der Waals surface area contributed by atoms with Crippen molar-refractivity contribution in [1.82, 2.24) is 25.7 Å². The van der Waals surface area contributed by atoms with Gasteiger partial charge in [-0.1, -0.05) is 18.2 Å². The van der Waals surface area contributed by atoms with Gasteiger partial charge < -0.3 is 5.32 Å². The number of H-pyrrole nitrogens is 2. The summed E-state index contributed by atoms with van der Waals surface area (Å²) in [5, 5.41) is 17.0. The molecule has 1 atom stereocenters. The molecule has 2 aromatic heterocycles. The van der Waals surface area contributed by atoms with Crippen molar-refractivity contribution in [3.05, 3.63) is 59.0 Å². The maximum absolute atomic E-state index is 12.5. The summed E-state index contributed by atoms with van der Waals surface area (Å²) in [6.45, 7) is 6.24. The van der Waals surface area contributed by atoms with Gasteiger partial charge in [-0.05, 0) is 44.0 Å². The normalized spacial score (nSPS) is 12.1. The first-order valence-corrected chi connectivity index (χ1v) is 7.94. The molecule has 0 saturated carbocycles. The lowest BCUT2D eigenvalue weighted by Gasteiger charge is -2.13. The Bertz CT molecular complexity index is 815. The minimum absolute atomic E-state index is 0.00505. The highest BCUT2D eigenvalue weighted by atomic mass is 16.1. The molecular weight excluding hydrogens is 302 g/mol. The van der Waals surface area contributed by atoms with E-state index in [1.54, 1.807) is 6.20 Å². The van der Waals surface area contributed by atoms with Crippen LogP contribution in [-0.4, -0.2) is 26.3 Å². The lowest BCUT2D eigenvalue weighted by atomic mass is 9.98. The fourth-order valence-electron chi connectivity index (χ4n) is 2.94. The zero-order valence-corrected chi connectivity index (χ0v) is 14.1. The molecule has 3 aromatic rings. The Morgan fingerprint density at radius 1 is 1.25 bits per heavy atom. The number of rotatable bonds is 5. The first-order valence-electron chi connectivity index (χ1n) is 7.94. The lowest BCUT2D eigenvalue weighted by Crippen LogP contribution is -2.28. The van der Waals surface area contributed by atoms with E-state index in [-0.39, 0.29) is 11.8 Å². The van der Waals surface area contributed by atoms with Crippen LogP contribution in [0.15, 0.2) is 36.5 Å². The summed E-state index contributed by atoms with van der Waals surface area (Å²) in [5.74, 6) is -0.242. The Balaban J connectivity index is 1.67. The van der Waals surface area contributed by atoms with Crippen LogP contribution < -0.4 is 5.32 Å². The molecule has 6 nitrogen and oxygen atoms in total. The molecular formula is C18H21N5O. The number of carbonyl (C=O) groups is 1. The molecule has 0 radical (unpaired) electrons. The predicted molar refractivity (Wildman–Crippen MR) is 92.3 cm³/mol. The molecule has 0 saturated heterocycles. The molecule has 0 spiro atoms. The highest BCUT2D eigenvalue weighted by Crippen LogP contribution is 2.22. The summed E-state index contributed by atoms with van der Waals surface area (Å²) >= 11 is 0. The van der Waals surface area contributed by atoms with E-state index in [1.165, 1.54) is 0 Å². The van der Waals surface area contributed by atoms with Gasteiger partial charge in [-0.2, -0.15) is 10.2 Å². The van der Waals surface area contributed by atoms with Gasteiger partial charge in [-0.3, -0.25) is 15.0 Å². The second-order valence-corrected chi connectivity index (χ2v) is 5.96. The van der Waals surface area contributed by atoms with Crippen LogP contribution in [0.5, 0.6) is 0 Å². The maximum atomic E-state index is 12.5. The van der Waals surface area contributed by atoms with Crippen LogP contribution in [0.3, 0.4) is 0 Å². The number of carbonyl (C=O) groups excluding carboxylic acids is 1. The number of aromatic amines is 2. The second kappa shape index (κ2) is 6.70. The number of hydrogen-bond acceptors (Lipinski definition) is 3. The van der Waals surface area contributed by atoms with Crippen LogP contribution in [0.2, 0.25) is 0 Å². The lowest BCUT2D eigenvalue weighted by molar-refractivity contribution is -0.122. The Morgan fingerprint density at radius 3 is 2.75 bits per heavy atom. The maximum Gasteiger partial charge on any atom is 0.227 e. The van der Waals surface area contributed by atoms with Crippen molar-refractivity contribution in [2.45, 2.75) is 33.2 Å². The van der Waals surface area contributed by atoms with E-state index in [4.69, 9.17) is 0 Å². The fourth-order valence-corrected chi connectivity index (χ4v) is 2.94. The van der Waals surface area contributed by atoms with Crippen LogP contribution >= 0.6 is 0 Å². The molecule has 6 heteroatoms. The van der Waals surface area contributed by atoms with Crippen molar-refractivity contribution in [3.63, 3.8) is 0 Å². The second-order valence-electron chi connectivity index (χ2n) is 5.96. The third-order valence-corrected chi connectivity index (χ3v) is 4.22. The van der Waals surface area contributed by atoms with Crippen molar-refractivity contribution >= 4 is 5.91 Å². The topological polar surface area (TPSA) is 86.5 Å². The van der Waals surface area contributed by atoms with E-state index >= 15 is 0 Å². The van der Waals surface area contributed by atoms with Crippen LogP contribution in [0, 0.1) is 13.8 Å². The van der Waals surface area contributed by atoms with Gasteiger partial charge in [0.05, 0.1) is 17.3 Å². The number of aryl methyl sites for hydroxylation is 2. The standard InChI is InChI=1S/C18H21N5O/c1-11(17-12(2)21-22-13(17)3)18(24)19-10-14-5-4-6-15(9-14)16-7-8-20-23-16/h4-9,11H,10H2,1-3H3,(H,19,24)(H,20,23)(H,21,22). The quantitative estimate of drug-likeness (QED) is 0.675. The van der Waals surface area contributed by atoms with Crippen molar-refractivity contribution in [2.24, 2.45) is 0 Å². The molecule has 3 N–H and O–H groups in total. The summed E-state index contributed by atoms with van der Waals surface area (Å²) in [5.41, 5.74) is 5.84. The average Bonchev–Trinajstić information content (AvgIpc) is 3.23. The number of aromatic nitrogens is 4. The zero-order valence-electron chi connectivity index (χ0n) is 14.1. The minimum Gasteiger partial charge on any atom is -0.352 e. The SMILES string of the molecule is Cc1n[nH]c(C)c1C(C)C(=O)NCc1cccc(-c2ccn[nH]2)c1. The summed E-state index contributed by atoms with van der Waals surface area (Å²) in [4.78, 5) is 12.5. The third-order valence-electron chi connectivity index (χ3n) is 4.22. The largest absolute Gasteiger partial charge is 0.352 e. The summed E-state index contributed by atoms with van der Waals surface area (Å²) in [6.07, 6.45) is 1.72. The summed E-state index contributed by atoms with van der Waals surface area (Å²) in [6, 6.07) is 9.96. The minimum atomic E-state index is -0.237. The van der Waals surface area contributed by atoms with Gasteiger partial charge in [0.15, 0.2) is 0 Å². The number of nitrogens with one attached hydrogen (secondary N) is 3. The molecule has 1 unspecified atom stereocenters. The Morgan fingerprint density at radius 2 is 2.08 bits per heavy atom. The number of benzene rings is 1. The molecule has 2 heterocycles. The molecule has 0 aliphatic rings. The molecule has 0 aliphatic heterocycles.